The van der Waals surface area contributed by atoms with Crippen molar-refractivity contribution < 1.29 is 4.39 Å². The minimum Gasteiger partial charge on any atom is -0.300 e. The summed E-state index contributed by atoms with van der Waals surface area (Å²) >= 11 is 0. The number of benzene rings is 1. The van der Waals surface area contributed by atoms with Gasteiger partial charge < -0.3 is 4.90 Å². The predicted molar refractivity (Wildman–Crippen MR) is 89.8 cm³/mol. The van der Waals surface area contributed by atoms with Crippen LogP contribution in [0.25, 0.3) is 0 Å². The Morgan fingerprint density at radius 3 is 2.48 bits per heavy atom. The Morgan fingerprint density at radius 1 is 0.957 bits per heavy atom. The molecule has 0 amide bonds. The van der Waals surface area contributed by atoms with Gasteiger partial charge in [0.15, 0.2) is 0 Å². The first-order valence-electron chi connectivity index (χ1n) is 9.50. The number of nitrogens with zero attached hydrogens (tertiary/aromatic N) is 2. The number of hydrogen-bond acceptors (Lipinski definition) is 2. The number of hydrogen-bond donors (Lipinski definition) is 0. The highest BCUT2D eigenvalue weighted by atomic mass is 19.1. The summed E-state index contributed by atoms with van der Waals surface area (Å²) in [6.45, 7) is 4.57. The summed E-state index contributed by atoms with van der Waals surface area (Å²) in [5, 5.41) is 0. The van der Waals surface area contributed by atoms with Gasteiger partial charge in [0.25, 0.3) is 0 Å². The molecule has 3 heteroatoms. The minimum absolute atomic E-state index is 0.00382. The quantitative estimate of drug-likeness (QED) is 0.823. The van der Waals surface area contributed by atoms with E-state index in [2.05, 4.69) is 15.9 Å². The summed E-state index contributed by atoms with van der Waals surface area (Å²) in [4.78, 5) is 5.34. The molecule has 0 N–H and O–H groups in total. The lowest BCUT2D eigenvalue weighted by molar-refractivity contribution is -0.0748. The number of halogens is 1. The molecule has 1 spiro atoms. The van der Waals surface area contributed by atoms with Crippen LogP contribution in [0, 0.1) is 11.2 Å². The molecule has 0 aromatic heterocycles. The van der Waals surface area contributed by atoms with E-state index in [1.54, 1.807) is 6.07 Å². The van der Waals surface area contributed by atoms with E-state index in [0.29, 0.717) is 11.5 Å². The average Bonchev–Trinajstić information content (AvgIpc) is 3.40. The lowest BCUT2D eigenvalue weighted by atomic mass is 9.58. The molecule has 1 aromatic carbocycles. The van der Waals surface area contributed by atoms with E-state index in [-0.39, 0.29) is 5.82 Å². The smallest absolute Gasteiger partial charge is 0.127 e. The molecule has 5 rings (SSSR count). The van der Waals surface area contributed by atoms with Gasteiger partial charge in [0, 0.05) is 30.7 Å². The summed E-state index contributed by atoms with van der Waals surface area (Å²) in [6, 6.07) is 7.23. The molecule has 1 saturated heterocycles. The van der Waals surface area contributed by atoms with Gasteiger partial charge in [-0.1, -0.05) is 12.1 Å². The maximum absolute atomic E-state index is 14.2. The molecule has 3 fully saturated rings. The maximum atomic E-state index is 14.2. The Morgan fingerprint density at radius 2 is 1.78 bits per heavy atom. The molecule has 124 valence electrons. The van der Waals surface area contributed by atoms with Crippen LogP contribution in [0.5, 0.6) is 0 Å². The molecule has 1 atom stereocenters. The van der Waals surface area contributed by atoms with Gasteiger partial charge in [0.2, 0.25) is 0 Å². The standard InChI is InChI=1S/C20H27FN2/c21-18-3-1-2-15-7-11-23(14-17(15)18)19-6-8-20(19)9-12-22(13-10-20)16-4-5-16/h1-3,16,19H,4-14H2. The monoisotopic (exact) mass is 314 g/mol. The highest BCUT2D eigenvalue weighted by Crippen LogP contribution is 2.53. The van der Waals surface area contributed by atoms with E-state index < -0.39 is 0 Å². The van der Waals surface area contributed by atoms with Gasteiger partial charge in [-0.05, 0) is 75.1 Å². The van der Waals surface area contributed by atoms with Crippen LogP contribution in [0.2, 0.25) is 0 Å². The van der Waals surface area contributed by atoms with Crippen molar-refractivity contribution in [3.8, 4) is 0 Å². The fraction of sp³-hybridized carbons (Fsp3) is 0.700. The van der Waals surface area contributed by atoms with Gasteiger partial charge in [-0.15, -0.1) is 0 Å². The Hall–Kier alpha value is -0.930. The number of rotatable bonds is 2. The van der Waals surface area contributed by atoms with Gasteiger partial charge in [-0.2, -0.15) is 0 Å². The summed E-state index contributed by atoms with van der Waals surface area (Å²) in [6.07, 6.45) is 9.35. The second-order valence-corrected chi connectivity index (χ2v) is 8.28. The summed E-state index contributed by atoms with van der Waals surface area (Å²) in [5.41, 5.74) is 2.75. The van der Waals surface area contributed by atoms with Crippen LogP contribution < -0.4 is 0 Å². The van der Waals surface area contributed by atoms with E-state index >= 15 is 0 Å². The Bertz CT molecular complexity index is 602. The van der Waals surface area contributed by atoms with E-state index in [0.717, 1.165) is 31.1 Å². The van der Waals surface area contributed by atoms with E-state index in [1.807, 2.05) is 6.07 Å². The first-order valence-corrected chi connectivity index (χ1v) is 9.50. The molecule has 1 aromatic rings. The van der Waals surface area contributed by atoms with Crippen molar-refractivity contribution >= 4 is 0 Å². The van der Waals surface area contributed by atoms with Gasteiger partial charge in [-0.3, -0.25) is 4.90 Å². The van der Waals surface area contributed by atoms with Gasteiger partial charge in [0.05, 0.1) is 0 Å². The van der Waals surface area contributed by atoms with Crippen LogP contribution >= 0.6 is 0 Å². The zero-order chi connectivity index (χ0) is 15.4. The molecule has 4 aliphatic rings. The van der Waals surface area contributed by atoms with Crippen LogP contribution in [-0.4, -0.2) is 41.5 Å². The van der Waals surface area contributed by atoms with Gasteiger partial charge in [-0.25, -0.2) is 4.39 Å². The normalized spacial score (nSPS) is 30.9. The Kier molecular flexibility index (Phi) is 3.31. The molecule has 2 heterocycles. The summed E-state index contributed by atoms with van der Waals surface area (Å²) < 4.78 is 14.2. The van der Waals surface area contributed by atoms with Crippen LogP contribution in [0.15, 0.2) is 18.2 Å². The van der Waals surface area contributed by atoms with Crippen LogP contribution in [0.1, 0.15) is 49.7 Å². The predicted octanol–water partition coefficient (Wildman–Crippen LogP) is 3.59. The molecule has 2 nitrogen and oxygen atoms in total. The summed E-state index contributed by atoms with van der Waals surface area (Å²) in [5.74, 6) is 0.00382. The molecule has 2 saturated carbocycles. The van der Waals surface area contributed by atoms with Crippen molar-refractivity contribution in [3.05, 3.63) is 35.1 Å². The Balaban J connectivity index is 1.30. The van der Waals surface area contributed by atoms with E-state index in [1.165, 1.54) is 57.2 Å². The fourth-order valence-corrected chi connectivity index (χ4v) is 5.44. The molecule has 0 radical (unpaired) electrons. The lowest BCUT2D eigenvalue weighted by Gasteiger charge is -2.58. The first-order chi connectivity index (χ1) is 11.3. The number of fused-ring (bicyclic) bond motifs is 1. The molecule has 23 heavy (non-hydrogen) atoms. The second-order valence-electron chi connectivity index (χ2n) is 8.28. The van der Waals surface area contributed by atoms with Crippen LogP contribution in [-0.2, 0) is 13.0 Å². The minimum atomic E-state index is 0.00382. The van der Waals surface area contributed by atoms with Crippen molar-refractivity contribution in [1.82, 2.24) is 9.80 Å². The number of piperidine rings is 1. The molecular weight excluding hydrogens is 287 g/mol. The largest absolute Gasteiger partial charge is 0.300 e. The van der Waals surface area contributed by atoms with Crippen molar-refractivity contribution in [1.29, 1.82) is 0 Å². The topological polar surface area (TPSA) is 6.48 Å². The molecule has 0 bridgehead atoms. The Labute approximate surface area is 138 Å². The summed E-state index contributed by atoms with van der Waals surface area (Å²) in [7, 11) is 0. The maximum Gasteiger partial charge on any atom is 0.127 e. The molecule has 2 aliphatic carbocycles. The molecular formula is C20H27FN2. The van der Waals surface area contributed by atoms with Crippen molar-refractivity contribution in [2.24, 2.45) is 5.41 Å². The highest BCUT2D eigenvalue weighted by molar-refractivity contribution is 5.31. The van der Waals surface area contributed by atoms with E-state index in [9.17, 15) is 4.39 Å². The molecule has 1 unspecified atom stereocenters. The van der Waals surface area contributed by atoms with Gasteiger partial charge in [0.1, 0.15) is 5.82 Å². The van der Waals surface area contributed by atoms with Gasteiger partial charge >= 0.3 is 0 Å². The van der Waals surface area contributed by atoms with Crippen LogP contribution in [0.3, 0.4) is 0 Å². The second kappa shape index (κ2) is 5.29. The number of likely N-dealkylation sites (tertiary alicyclic amines) is 1. The van der Waals surface area contributed by atoms with E-state index in [4.69, 9.17) is 0 Å². The third-order valence-electron chi connectivity index (χ3n) is 7.17. The third kappa shape index (κ3) is 2.35. The average molecular weight is 314 g/mol. The first kappa shape index (κ1) is 14.4. The lowest BCUT2D eigenvalue weighted by Crippen LogP contribution is -2.60. The third-order valence-corrected chi connectivity index (χ3v) is 7.17. The van der Waals surface area contributed by atoms with Crippen molar-refractivity contribution in [2.45, 2.75) is 63.6 Å². The zero-order valence-corrected chi connectivity index (χ0v) is 13.9. The molecule has 2 aliphatic heterocycles. The van der Waals surface area contributed by atoms with Crippen molar-refractivity contribution in [3.63, 3.8) is 0 Å². The zero-order valence-electron chi connectivity index (χ0n) is 13.9. The fourth-order valence-electron chi connectivity index (χ4n) is 5.44. The SMILES string of the molecule is Fc1cccc2c1CN(C1CCC13CCN(C1CC1)CC3)CC2. The van der Waals surface area contributed by atoms with Crippen molar-refractivity contribution in [2.75, 3.05) is 19.6 Å². The highest BCUT2D eigenvalue weighted by Gasteiger charge is 2.51. The van der Waals surface area contributed by atoms with Crippen LogP contribution in [0.4, 0.5) is 4.39 Å².